The number of fused-ring (bicyclic) bond motifs is 1. The fraction of sp³-hybridized carbons (Fsp3) is 0.455. The summed E-state index contributed by atoms with van der Waals surface area (Å²) in [7, 11) is 0. The van der Waals surface area contributed by atoms with Crippen molar-refractivity contribution in [3.8, 4) is 5.75 Å². The smallest absolute Gasteiger partial charge is 0.122 e. The summed E-state index contributed by atoms with van der Waals surface area (Å²) in [5.41, 5.74) is 2.94. The Morgan fingerprint density at radius 1 is 0.875 bits per heavy atom. The molecule has 0 N–H and O–H groups in total. The zero-order valence-corrected chi connectivity index (χ0v) is 14.4. The Morgan fingerprint density at radius 3 is 2.46 bits per heavy atom. The number of likely N-dealkylation sites (tertiary alicyclic amines) is 1. The Hall–Kier alpha value is -1.80. The van der Waals surface area contributed by atoms with Gasteiger partial charge in [0.05, 0.1) is 6.61 Å². The van der Waals surface area contributed by atoms with Crippen molar-refractivity contribution < 1.29 is 4.74 Å². The van der Waals surface area contributed by atoms with Crippen molar-refractivity contribution in [3.63, 3.8) is 0 Å². The maximum atomic E-state index is 5.79. The summed E-state index contributed by atoms with van der Waals surface area (Å²) in [4.78, 5) is 2.66. The van der Waals surface area contributed by atoms with Gasteiger partial charge in [0, 0.05) is 0 Å². The van der Waals surface area contributed by atoms with Crippen LogP contribution in [0.1, 0.15) is 48.6 Å². The quantitative estimate of drug-likeness (QED) is 0.800. The lowest BCUT2D eigenvalue weighted by Crippen LogP contribution is -2.34. The highest BCUT2D eigenvalue weighted by Crippen LogP contribution is 2.36. The van der Waals surface area contributed by atoms with Crippen LogP contribution in [0.15, 0.2) is 54.6 Å². The second-order valence-corrected chi connectivity index (χ2v) is 7.19. The Kier molecular flexibility index (Phi) is 4.84. The first-order valence-corrected chi connectivity index (χ1v) is 9.39. The summed E-state index contributed by atoms with van der Waals surface area (Å²) in [5, 5.41) is 0. The first-order valence-electron chi connectivity index (χ1n) is 9.39. The van der Waals surface area contributed by atoms with Gasteiger partial charge in [-0.05, 0) is 74.3 Å². The minimum Gasteiger partial charge on any atom is -0.493 e. The molecule has 2 heteroatoms. The zero-order chi connectivity index (χ0) is 16.2. The van der Waals surface area contributed by atoms with E-state index >= 15 is 0 Å². The third-order valence-corrected chi connectivity index (χ3v) is 5.74. The van der Waals surface area contributed by atoms with Crippen LogP contribution in [-0.4, -0.2) is 31.1 Å². The van der Waals surface area contributed by atoms with Gasteiger partial charge in [0.15, 0.2) is 0 Å². The molecule has 0 saturated carbocycles. The lowest BCUT2D eigenvalue weighted by atomic mass is 9.88. The lowest BCUT2D eigenvalue weighted by molar-refractivity contribution is 0.195. The molecule has 0 spiro atoms. The average molecular weight is 321 g/mol. The Labute approximate surface area is 145 Å². The molecular formula is C22H27NO. The molecule has 2 aromatic rings. The van der Waals surface area contributed by atoms with Gasteiger partial charge in [0.25, 0.3) is 0 Å². The van der Waals surface area contributed by atoms with Crippen LogP contribution in [0.4, 0.5) is 0 Å². The number of rotatable bonds is 4. The topological polar surface area (TPSA) is 12.5 Å². The van der Waals surface area contributed by atoms with Gasteiger partial charge in [-0.3, -0.25) is 0 Å². The van der Waals surface area contributed by atoms with E-state index < -0.39 is 0 Å². The zero-order valence-electron chi connectivity index (χ0n) is 14.4. The number of benzene rings is 2. The van der Waals surface area contributed by atoms with Crippen LogP contribution in [0, 0.1) is 0 Å². The summed E-state index contributed by atoms with van der Waals surface area (Å²) >= 11 is 0. The molecule has 24 heavy (non-hydrogen) atoms. The van der Waals surface area contributed by atoms with Gasteiger partial charge < -0.3 is 9.64 Å². The summed E-state index contributed by atoms with van der Waals surface area (Å²) in [6.45, 7) is 4.58. The SMILES string of the molecule is c1ccc(C2CCN(CCC3CCOc4ccccc43)CC2)cc1. The van der Waals surface area contributed by atoms with E-state index in [0.717, 1.165) is 24.7 Å². The fourth-order valence-corrected chi connectivity index (χ4v) is 4.27. The number of piperidine rings is 1. The first kappa shape index (κ1) is 15.7. The van der Waals surface area contributed by atoms with E-state index in [1.165, 1.54) is 50.0 Å². The highest BCUT2D eigenvalue weighted by molar-refractivity contribution is 5.37. The van der Waals surface area contributed by atoms with Gasteiger partial charge in [0.1, 0.15) is 5.75 Å². The predicted molar refractivity (Wildman–Crippen MR) is 98.8 cm³/mol. The van der Waals surface area contributed by atoms with E-state index in [0.29, 0.717) is 5.92 Å². The summed E-state index contributed by atoms with van der Waals surface area (Å²) in [6.07, 6.45) is 5.02. The van der Waals surface area contributed by atoms with Crippen LogP contribution in [0.2, 0.25) is 0 Å². The normalized spacial score (nSPS) is 21.9. The van der Waals surface area contributed by atoms with Crippen LogP contribution in [-0.2, 0) is 0 Å². The van der Waals surface area contributed by atoms with Crippen LogP contribution in [0.5, 0.6) is 5.75 Å². The molecule has 0 radical (unpaired) electrons. The van der Waals surface area contributed by atoms with Gasteiger partial charge in [-0.25, -0.2) is 0 Å². The highest BCUT2D eigenvalue weighted by atomic mass is 16.5. The number of para-hydroxylation sites is 1. The Morgan fingerprint density at radius 2 is 1.62 bits per heavy atom. The van der Waals surface area contributed by atoms with Gasteiger partial charge in [-0.1, -0.05) is 48.5 Å². The molecule has 1 atom stereocenters. The molecule has 2 aliphatic rings. The molecule has 1 fully saturated rings. The molecule has 2 aromatic carbocycles. The number of ether oxygens (including phenoxy) is 1. The van der Waals surface area contributed by atoms with E-state index in [1.807, 2.05) is 0 Å². The molecule has 1 unspecified atom stereocenters. The summed E-state index contributed by atoms with van der Waals surface area (Å²) in [6, 6.07) is 19.6. The molecule has 2 heterocycles. The number of hydrogen-bond acceptors (Lipinski definition) is 2. The van der Waals surface area contributed by atoms with E-state index in [4.69, 9.17) is 4.74 Å². The second-order valence-electron chi connectivity index (χ2n) is 7.19. The van der Waals surface area contributed by atoms with Crippen LogP contribution in [0.3, 0.4) is 0 Å². The molecule has 0 amide bonds. The fourth-order valence-electron chi connectivity index (χ4n) is 4.27. The Balaban J connectivity index is 1.29. The third kappa shape index (κ3) is 3.49. The Bertz CT molecular complexity index is 646. The molecule has 0 aromatic heterocycles. The van der Waals surface area contributed by atoms with E-state index in [9.17, 15) is 0 Å². The second kappa shape index (κ2) is 7.40. The van der Waals surface area contributed by atoms with Gasteiger partial charge in [-0.2, -0.15) is 0 Å². The largest absolute Gasteiger partial charge is 0.493 e. The van der Waals surface area contributed by atoms with Crippen molar-refractivity contribution in [2.45, 2.75) is 37.5 Å². The van der Waals surface area contributed by atoms with Crippen molar-refractivity contribution in [2.75, 3.05) is 26.2 Å². The molecule has 2 nitrogen and oxygen atoms in total. The van der Waals surface area contributed by atoms with Gasteiger partial charge in [0.2, 0.25) is 0 Å². The standard InChI is InChI=1S/C22H27NO/c1-2-6-18(7-3-1)19-10-14-23(15-11-19)16-12-20-13-17-24-22-9-5-4-8-21(20)22/h1-9,19-20H,10-17H2. The minimum absolute atomic E-state index is 0.668. The summed E-state index contributed by atoms with van der Waals surface area (Å²) < 4.78 is 5.79. The van der Waals surface area contributed by atoms with Gasteiger partial charge >= 0.3 is 0 Å². The van der Waals surface area contributed by atoms with Crippen molar-refractivity contribution in [1.82, 2.24) is 4.90 Å². The average Bonchev–Trinajstić information content (AvgIpc) is 2.67. The monoisotopic (exact) mass is 321 g/mol. The van der Waals surface area contributed by atoms with Gasteiger partial charge in [-0.15, -0.1) is 0 Å². The number of hydrogen-bond donors (Lipinski definition) is 0. The number of nitrogens with zero attached hydrogens (tertiary/aromatic N) is 1. The van der Waals surface area contributed by atoms with Crippen LogP contribution >= 0.6 is 0 Å². The van der Waals surface area contributed by atoms with E-state index in [-0.39, 0.29) is 0 Å². The first-order chi connectivity index (χ1) is 11.9. The highest BCUT2D eigenvalue weighted by Gasteiger charge is 2.24. The van der Waals surface area contributed by atoms with E-state index in [1.54, 1.807) is 0 Å². The van der Waals surface area contributed by atoms with Crippen molar-refractivity contribution >= 4 is 0 Å². The van der Waals surface area contributed by atoms with Crippen LogP contribution in [0.25, 0.3) is 0 Å². The predicted octanol–water partition coefficient (Wildman–Crippen LogP) is 4.82. The van der Waals surface area contributed by atoms with Crippen molar-refractivity contribution in [1.29, 1.82) is 0 Å². The third-order valence-electron chi connectivity index (χ3n) is 5.74. The van der Waals surface area contributed by atoms with Crippen molar-refractivity contribution in [2.24, 2.45) is 0 Å². The molecular weight excluding hydrogens is 294 g/mol. The molecule has 4 rings (SSSR count). The maximum Gasteiger partial charge on any atom is 0.122 e. The maximum absolute atomic E-state index is 5.79. The van der Waals surface area contributed by atoms with E-state index in [2.05, 4.69) is 59.5 Å². The minimum atomic E-state index is 0.668. The van der Waals surface area contributed by atoms with Crippen LogP contribution < -0.4 is 4.74 Å². The van der Waals surface area contributed by atoms with Crippen molar-refractivity contribution in [3.05, 3.63) is 65.7 Å². The molecule has 1 saturated heterocycles. The molecule has 2 aliphatic heterocycles. The molecule has 0 bridgehead atoms. The molecule has 0 aliphatic carbocycles. The lowest BCUT2D eigenvalue weighted by Gasteiger charge is -2.34. The summed E-state index contributed by atoms with van der Waals surface area (Å²) in [5.74, 6) is 2.53. The molecule has 126 valence electrons.